The Bertz CT molecular complexity index is 1100. The average Bonchev–Trinajstić information content (AvgIpc) is 2.72. The summed E-state index contributed by atoms with van der Waals surface area (Å²) in [7, 11) is 0. The van der Waals surface area contributed by atoms with E-state index < -0.39 is 0 Å². The van der Waals surface area contributed by atoms with Gasteiger partial charge in [0.15, 0.2) is 0 Å². The van der Waals surface area contributed by atoms with E-state index in [1.807, 2.05) is 45.0 Å². The van der Waals surface area contributed by atoms with Gasteiger partial charge in [0.2, 0.25) is 0 Å². The number of pyridine rings is 1. The summed E-state index contributed by atoms with van der Waals surface area (Å²) in [5.41, 5.74) is 4.14. The van der Waals surface area contributed by atoms with E-state index in [4.69, 9.17) is 4.74 Å². The molecule has 3 N–H and O–H groups in total. The number of benzene rings is 2. The van der Waals surface area contributed by atoms with Gasteiger partial charge in [-0.2, -0.15) is 5.26 Å². The Morgan fingerprint density at radius 1 is 1.17 bits per heavy atom. The molecule has 0 radical (unpaired) electrons. The third-order valence-corrected chi connectivity index (χ3v) is 4.51. The Hall–Kier alpha value is -3.79. The summed E-state index contributed by atoms with van der Waals surface area (Å²) in [5.74, 6) is 1.14. The minimum atomic E-state index is -0.331. The molecule has 3 aromatic rings. The zero-order valence-electron chi connectivity index (χ0n) is 17.4. The van der Waals surface area contributed by atoms with Crippen molar-refractivity contribution in [3.05, 3.63) is 59.2 Å². The van der Waals surface area contributed by atoms with Crippen molar-refractivity contribution in [1.82, 2.24) is 10.3 Å². The molecule has 0 atom stereocenters. The summed E-state index contributed by atoms with van der Waals surface area (Å²) >= 11 is 0. The van der Waals surface area contributed by atoms with Gasteiger partial charge in [0.05, 0.1) is 23.4 Å². The standard InChI is InChI=1S/C23H25N5O2/c1-4-30-20-8-6-5-7-19(20)27-23(29)26-10-9-25-22-18(14-24)13-17-12-15(2)11-16(3)21(17)28-22/h5-8,11-13H,4,9-10H2,1-3H3,(H,25,28)(H2,26,27,29). The lowest BCUT2D eigenvalue weighted by molar-refractivity contribution is 0.252. The first kappa shape index (κ1) is 20.9. The number of carbonyl (C=O) groups is 1. The van der Waals surface area contributed by atoms with Crippen LogP contribution < -0.4 is 20.7 Å². The number of rotatable bonds is 7. The number of fused-ring (bicyclic) bond motifs is 1. The van der Waals surface area contributed by atoms with Crippen molar-refractivity contribution in [2.75, 3.05) is 30.3 Å². The highest BCUT2D eigenvalue weighted by molar-refractivity contribution is 5.91. The average molecular weight is 403 g/mol. The number of nitrogens with one attached hydrogen (secondary N) is 3. The molecule has 7 nitrogen and oxygen atoms in total. The molecule has 0 saturated heterocycles. The van der Waals surface area contributed by atoms with Crippen LogP contribution in [0.4, 0.5) is 16.3 Å². The van der Waals surface area contributed by atoms with E-state index >= 15 is 0 Å². The van der Waals surface area contributed by atoms with E-state index in [1.165, 1.54) is 0 Å². The summed E-state index contributed by atoms with van der Waals surface area (Å²) in [6, 6.07) is 15.1. The van der Waals surface area contributed by atoms with Gasteiger partial charge in [0.25, 0.3) is 0 Å². The SMILES string of the molecule is CCOc1ccccc1NC(=O)NCCNc1nc2c(C)cc(C)cc2cc1C#N. The molecule has 1 heterocycles. The lowest BCUT2D eigenvalue weighted by Gasteiger charge is -2.13. The van der Waals surface area contributed by atoms with Gasteiger partial charge in [-0.15, -0.1) is 0 Å². The van der Waals surface area contributed by atoms with Crippen LogP contribution in [0.5, 0.6) is 5.75 Å². The number of aryl methyl sites for hydroxylation is 2. The normalized spacial score (nSPS) is 10.3. The van der Waals surface area contributed by atoms with E-state index in [9.17, 15) is 10.1 Å². The summed E-state index contributed by atoms with van der Waals surface area (Å²) < 4.78 is 5.51. The fourth-order valence-corrected chi connectivity index (χ4v) is 3.25. The maximum atomic E-state index is 12.2. The summed E-state index contributed by atoms with van der Waals surface area (Å²) in [6.45, 7) is 7.22. The van der Waals surface area contributed by atoms with Crippen LogP contribution in [0, 0.1) is 25.2 Å². The molecule has 0 aliphatic heterocycles. The quantitative estimate of drug-likeness (QED) is 0.509. The highest BCUT2D eigenvalue weighted by Crippen LogP contribution is 2.24. The molecule has 0 saturated carbocycles. The first-order valence-corrected chi connectivity index (χ1v) is 9.84. The highest BCUT2D eigenvalue weighted by Gasteiger charge is 2.10. The van der Waals surface area contributed by atoms with Gasteiger partial charge in [-0.05, 0) is 50.6 Å². The molecule has 2 aromatic carbocycles. The molecule has 0 aliphatic carbocycles. The molecular formula is C23H25N5O2. The lowest BCUT2D eigenvalue weighted by atomic mass is 10.1. The molecule has 154 valence electrons. The van der Waals surface area contributed by atoms with Crippen LogP contribution in [0.25, 0.3) is 10.9 Å². The van der Waals surface area contributed by atoms with Crippen molar-refractivity contribution in [1.29, 1.82) is 5.26 Å². The van der Waals surface area contributed by atoms with Crippen LogP contribution >= 0.6 is 0 Å². The smallest absolute Gasteiger partial charge is 0.319 e. The lowest BCUT2D eigenvalue weighted by Crippen LogP contribution is -2.33. The van der Waals surface area contributed by atoms with Crippen molar-refractivity contribution < 1.29 is 9.53 Å². The van der Waals surface area contributed by atoms with Gasteiger partial charge in [-0.25, -0.2) is 9.78 Å². The van der Waals surface area contributed by atoms with Crippen molar-refractivity contribution in [2.45, 2.75) is 20.8 Å². The monoisotopic (exact) mass is 403 g/mol. The number of amides is 2. The van der Waals surface area contributed by atoms with Gasteiger partial charge in [-0.1, -0.05) is 23.8 Å². The number of carbonyl (C=O) groups excluding carboxylic acids is 1. The first-order chi connectivity index (χ1) is 14.5. The van der Waals surface area contributed by atoms with Gasteiger partial charge < -0.3 is 20.7 Å². The van der Waals surface area contributed by atoms with Crippen LogP contribution in [-0.2, 0) is 0 Å². The summed E-state index contributed by atoms with van der Waals surface area (Å²) in [6.07, 6.45) is 0. The van der Waals surface area contributed by atoms with Gasteiger partial charge in [-0.3, -0.25) is 0 Å². The third-order valence-electron chi connectivity index (χ3n) is 4.51. The largest absolute Gasteiger partial charge is 0.492 e. The Balaban J connectivity index is 1.60. The second kappa shape index (κ2) is 9.61. The van der Waals surface area contributed by atoms with Gasteiger partial charge in [0, 0.05) is 18.5 Å². The summed E-state index contributed by atoms with van der Waals surface area (Å²) in [4.78, 5) is 16.8. The highest BCUT2D eigenvalue weighted by atomic mass is 16.5. The van der Waals surface area contributed by atoms with Crippen LogP contribution in [0.1, 0.15) is 23.6 Å². The molecule has 3 rings (SSSR count). The number of hydrogen-bond acceptors (Lipinski definition) is 5. The van der Waals surface area contributed by atoms with Crippen LogP contribution in [0.15, 0.2) is 42.5 Å². The Kier molecular flexibility index (Phi) is 6.71. The van der Waals surface area contributed by atoms with Crippen LogP contribution in [0.2, 0.25) is 0 Å². The molecule has 30 heavy (non-hydrogen) atoms. The van der Waals surface area contributed by atoms with E-state index in [1.54, 1.807) is 12.1 Å². The second-order valence-electron chi connectivity index (χ2n) is 6.89. The van der Waals surface area contributed by atoms with E-state index in [2.05, 4.69) is 33.1 Å². The van der Waals surface area contributed by atoms with Crippen LogP contribution in [0.3, 0.4) is 0 Å². The predicted octanol–water partition coefficient (Wildman–Crippen LogP) is 4.36. The molecule has 2 amide bonds. The third kappa shape index (κ3) is 4.97. The molecular weight excluding hydrogens is 378 g/mol. The number of aromatic nitrogens is 1. The summed E-state index contributed by atoms with van der Waals surface area (Å²) in [5, 5.41) is 19.1. The molecule has 0 spiro atoms. The molecule has 0 aliphatic rings. The van der Waals surface area contributed by atoms with Crippen LogP contribution in [-0.4, -0.2) is 30.7 Å². The first-order valence-electron chi connectivity index (χ1n) is 9.84. The molecule has 0 unspecified atom stereocenters. The Morgan fingerprint density at radius 3 is 2.73 bits per heavy atom. The van der Waals surface area contributed by atoms with Crippen molar-refractivity contribution in [3.8, 4) is 11.8 Å². The molecule has 0 bridgehead atoms. The zero-order valence-corrected chi connectivity index (χ0v) is 17.4. The topological polar surface area (TPSA) is 99.1 Å². The number of nitrogens with zero attached hydrogens (tertiary/aromatic N) is 2. The predicted molar refractivity (Wildman–Crippen MR) is 119 cm³/mol. The number of ether oxygens (including phenoxy) is 1. The van der Waals surface area contributed by atoms with Crippen molar-refractivity contribution in [3.63, 3.8) is 0 Å². The van der Waals surface area contributed by atoms with Crippen molar-refractivity contribution in [2.24, 2.45) is 0 Å². The Labute approximate surface area is 176 Å². The van der Waals surface area contributed by atoms with Gasteiger partial charge in [0.1, 0.15) is 17.6 Å². The fourth-order valence-electron chi connectivity index (χ4n) is 3.25. The Morgan fingerprint density at radius 2 is 1.97 bits per heavy atom. The minimum absolute atomic E-state index is 0.331. The molecule has 0 fully saturated rings. The van der Waals surface area contributed by atoms with Gasteiger partial charge >= 0.3 is 6.03 Å². The number of anilines is 2. The number of urea groups is 1. The zero-order chi connectivity index (χ0) is 21.5. The fraction of sp³-hybridized carbons (Fsp3) is 0.261. The molecule has 1 aromatic heterocycles. The number of nitriles is 1. The second-order valence-corrected chi connectivity index (χ2v) is 6.89. The minimum Gasteiger partial charge on any atom is -0.492 e. The van der Waals surface area contributed by atoms with Crippen molar-refractivity contribution >= 4 is 28.4 Å². The van der Waals surface area contributed by atoms with E-state index in [0.717, 1.165) is 22.0 Å². The number of para-hydroxylation sites is 2. The number of hydrogen-bond donors (Lipinski definition) is 3. The van der Waals surface area contributed by atoms with E-state index in [0.29, 0.717) is 42.5 Å². The van der Waals surface area contributed by atoms with E-state index in [-0.39, 0.29) is 6.03 Å². The maximum absolute atomic E-state index is 12.2. The molecule has 7 heteroatoms. The maximum Gasteiger partial charge on any atom is 0.319 e.